The molecule has 8 rings (SSSR count). The third-order valence-corrected chi connectivity index (χ3v) is 7.45. The first-order valence-corrected chi connectivity index (χ1v) is 12.5. The van der Waals surface area contributed by atoms with E-state index in [1.807, 2.05) is 0 Å². The fraction of sp³-hybridized carbons (Fsp3) is 0. The molecule has 3 aromatic heterocycles. The Morgan fingerprint density at radius 1 is 0.486 bits per heavy atom. The maximum absolute atomic E-state index is 4.95. The Balaban J connectivity index is 1.76. The van der Waals surface area contributed by atoms with E-state index in [9.17, 15) is 0 Å². The van der Waals surface area contributed by atoms with E-state index in [2.05, 4.69) is 120 Å². The second kappa shape index (κ2) is 7.74. The predicted octanol–water partition coefficient (Wildman–Crippen LogP) is 8.68. The Kier molecular flexibility index (Phi) is 4.23. The minimum Gasteiger partial charge on any atom is -0.291 e. The fourth-order valence-corrected chi connectivity index (χ4v) is 5.94. The summed E-state index contributed by atoms with van der Waals surface area (Å²) in [4.78, 5) is 9.89. The summed E-state index contributed by atoms with van der Waals surface area (Å²) in [5, 5.41) is 7.27. The van der Waals surface area contributed by atoms with Gasteiger partial charge in [0.25, 0.3) is 0 Å². The third-order valence-electron chi connectivity index (χ3n) is 7.45. The van der Waals surface area contributed by atoms with Crippen LogP contribution in [0, 0.1) is 0 Å². The van der Waals surface area contributed by atoms with Crippen LogP contribution in [-0.4, -0.2) is 14.4 Å². The normalized spacial score (nSPS) is 11.8. The SMILES string of the molecule is c1ccc(-c2cc(-c3ccccc3)n3c4nccnc4c4c5ccccc5c5ccccc5c4c23)cc1. The van der Waals surface area contributed by atoms with Gasteiger partial charge in [-0.1, -0.05) is 109 Å². The first kappa shape index (κ1) is 20.2. The number of fused-ring (bicyclic) bond motifs is 11. The molecule has 3 heteroatoms. The Morgan fingerprint density at radius 2 is 1.03 bits per heavy atom. The monoisotopic (exact) mass is 471 g/mol. The van der Waals surface area contributed by atoms with Crippen molar-refractivity contribution in [2.24, 2.45) is 0 Å². The van der Waals surface area contributed by atoms with Crippen molar-refractivity contribution in [3.8, 4) is 22.4 Å². The van der Waals surface area contributed by atoms with Gasteiger partial charge in [-0.05, 0) is 38.7 Å². The van der Waals surface area contributed by atoms with Crippen molar-refractivity contribution in [2.75, 3.05) is 0 Å². The van der Waals surface area contributed by atoms with Crippen LogP contribution in [0.3, 0.4) is 0 Å². The zero-order valence-corrected chi connectivity index (χ0v) is 20.0. The van der Waals surface area contributed by atoms with Crippen LogP contribution in [0.1, 0.15) is 0 Å². The van der Waals surface area contributed by atoms with E-state index in [0.717, 1.165) is 33.3 Å². The number of aromatic nitrogens is 3. The van der Waals surface area contributed by atoms with E-state index >= 15 is 0 Å². The Morgan fingerprint density at radius 3 is 1.70 bits per heavy atom. The van der Waals surface area contributed by atoms with Gasteiger partial charge in [0.2, 0.25) is 0 Å². The molecule has 0 unspecified atom stereocenters. The predicted molar refractivity (Wildman–Crippen MR) is 154 cm³/mol. The number of benzene rings is 5. The second-order valence-electron chi connectivity index (χ2n) is 9.43. The van der Waals surface area contributed by atoms with Crippen molar-refractivity contribution in [3.63, 3.8) is 0 Å². The van der Waals surface area contributed by atoms with Crippen LogP contribution in [0.2, 0.25) is 0 Å². The average Bonchev–Trinajstić information content (AvgIpc) is 3.39. The largest absolute Gasteiger partial charge is 0.291 e. The summed E-state index contributed by atoms with van der Waals surface area (Å²) in [6.07, 6.45) is 3.61. The Hall–Kier alpha value is -5.02. The van der Waals surface area contributed by atoms with Crippen LogP contribution in [0.15, 0.2) is 128 Å². The van der Waals surface area contributed by atoms with Gasteiger partial charge in [0.1, 0.15) is 5.52 Å². The lowest BCUT2D eigenvalue weighted by Gasteiger charge is -2.16. The van der Waals surface area contributed by atoms with Crippen molar-refractivity contribution in [1.82, 2.24) is 14.4 Å². The minimum absolute atomic E-state index is 0.867. The molecule has 0 saturated carbocycles. The molecule has 0 aliphatic carbocycles. The second-order valence-corrected chi connectivity index (χ2v) is 9.43. The van der Waals surface area contributed by atoms with Crippen LogP contribution in [0.5, 0.6) is 0 Å². The van der Waals surface area contributed by atoms with E-state index in [0.29, 0.717) is 0 Å². The molecule has 0 aliphatic rings. The molecule has 3 heterocycles. The minimum atomic E-state index is 0.867. The van der Waals surface area contributed by atoms with Crippen LogP contribution in [0.4, 0.5) is 0 Å². The summed E-state index contributed by atoms with van der Waals surface area (Å²) in [5.41, 5.74) is 7.58. The molecule has 0 amide bonds. The molecule has 3 nitrogen and oxygen atoms in total. The van der Waals surface area contributed by atoms with Crippen molar-refractivity contribution < 1.29 is 0 Å². The number of hydrogen-bond donors (Lipinski definition) is 0. The summed E-state index contributed by atoms with van der Waals surface area (Å²) in [6.45, 7) is 0. The number of nitrogens with zero attached hydrogens (tertiary/aromatic N) is 3. The highest BCUT2D eigenvalue weighted by Crippen LogP contribution is 2.45. The van der Waals surface area contributed by atoms with Gasteiger partial charge in [-0.2, -0.15) is 0 Å². The summed E-state index contributed by atoms with van der Waals surface area (Å²) in [5.74, 6) is 0. The molecule has 0 atom stereocenters. The maximum atomic E-state index is 4.95. The first-order valence-electron chi connectivity index (χ1n) is 12.5. The van der Waals surface area contributed by atoms with Crippen LogP contribution in [-0.2, 0) is 0 Å². The van der Waals surface area contributed by atoms with E-state index in [1.165, 1.54) is 38.1 Å². The highest BCUT2D eigenvalue weighted by Gasteiger charge is 2.23. The van der Waals surface area contributed by atoms with E-state index in [1.54, 1.807) is 12.4 Å². The van der Waals surface area contributed by atoms with Gasteiger partial charge in [-0.25, -0.2) is 4.98 Å². The third kappa shape index (κ3) is 2.82. The van der Waals surface area contributed by atoms with Crippen LogP contribution < -0.4 is 0 Å². The molecule has 0 saturated heterocycles. The maximum Gasteiger partial charge on any atom is 0.164 e. The first-order chi connectivity index (χ1) is 18.4. The average molecular weight is 472 g/mol. The molecule has 5 aromatic carbocycles. The molecular formula is C34H21N3. The zero-order chi connectivity index (χ0) is 24.3. The Labute approximate surface area is 213 Å². The molecule has 0 N–H and O–H groups in total. The molecule has 37 heavy (non-hydrogen) atoms. The van der Waals surface area contributed by atoms with Crippen molar-refractivity contribution in [1.29, 1.82) is 0 Å². The van der Waals surface area contributed by atoms with Gasteiger partial charge in [0.15, 0.2) is 5.65 Å². The van der Waals surface area contributed by atoms with Gasteiger partial charge in [-0.3, -0.25) is 9.38 Å². The Bertz CT molecular complexity index is 2120. The van der Waals surface area contributed by atoms with Crippen molar-refractivity contribution in [2.45, 2.75) is 0 Å². The zero-order valence-electron chi connectivity index (χ0n) is 20.0. The molecular weight excluding hydrogens is 450 g/mol. The summed E-state index contributed by atoms with van der Waals surface area (Å²) in [6, 6.07) is 41.0. The topological polar surface area (TPSA) is 30.2 Å². The smallest absolute Gasteiger partial charge is 0.164 e. The fourth-order valence-electron chi connectivity index (χ4n) is 5.94. The molecule has 0 radical (unpaired) electrons. The van der Waals surface area contributed by atoms with Gasteiger partial charge in [-0.15, -0.1) is 0 Å². The van der Waals surface area contributed by atoms with Gasteiger partial charge >= 0.3 is 0 Å². The quantitative estimate of drug-likeness (QED) is 0.236. The van der Waals surface area contributed by atoms with Gasteiger partial charge in [0, 0.05) is 28.7 Å². The van der Waals surface area contributed by atoms with Crippen molar-refractivity contribution >= 4 is 49.0 Å². The summed E-state index contributed by atoms with van der Waals surface area (Å²) in [7, 11) is 0. The lowest BCUT2D eigenvalue weighted by molar-refractivity contribution is 1.18. The molecule has 172 valence electrons. The highest BCUT2D eigenvalue weighted by atomic mass is 15.0. The van der Waals surface area contributed by atoms with Gasteiger partial charge in [0.05, 0.1) is 11.2 Å². The van der Waals surface area contributed by atoms with Crippen LogP contribution >= 0.6 is 0 Å². The number of hydrogen-bond acceptors (Lipinski definition) is 2. The molecule has 0 fully saturated rings. The number of pyridine rings is 1. The highest BCUT2D eigenvalue weighted by molar-refractivity contribution is 6.35. The van der Waals surface area contributed by atoms with E-state index in [-0.39, 0.29) is 0 Å². The standard InChI is InChI=1S/C34H21N3/c1-3-11-22(12-4-1)28-21-29(23-13-5-2-6-14-23)37-33(28)31-27-18-10-8-16-25(27)24-15-7-9-17-26(24)30(31)32-34(37)36-20-19-35-32/h1-21H. The van der Waals surface area contributed by atoms with E-state index in [4.69, 9.17) is 9.97 Å². The molecule has 8 aromatic rings. The van der Waals surface area contributed by atoms with Gasteiger partial charge < -0.3 is 0 Å². The molecule has 0 spiro atoms. The summed E-state index contributed by atoms with van der Waals surface area (Å²) < 4.78 is 2.32. The molecule has 0 aliphatic heterocycles. The van der Waals surface area contributed by atoms with Crippen LogP contribution in [0.25, 0.3) is 71.4 Å². The number of rotatable bonds is 2. The van der Waals surface area contributed by atoms with Crippen molar-refractivity contribution in [3.05, 3.63) is 128 Å². The summed E-state index contributed by atoms with van der Waals surface area (Å²) >= 11 is 0. The molecule has 0 bridgehead atoms. The lowest BCUT2D eigenvalue weighted by atomic mass is 9.92. The van der Waals surface area contributed by atoms with E-state index < -0.39 is 0 Å². The lowest BCUT2D eigenvalue weighted by Crippen LogP contribution is -1.98.